The van der Waals surface area contributed by atoms with E-state index in [4.69, 9.17) is 10.00 Å². The lowest BCUT2D eigenvalue weighted by molar-refractivity contribution is -0.123. The van der Waals surface area contributed by atoms with Crippen molar-refractivity contribution >= 4 is 15.9 Å². The van der Waals surface area contributed by atoms with Gasteiger partial charge in [0, 0.05) is 0 Å². The molecule has 2 N–H and O–H groups in total. The summed E-state index contributed by atoms with van der Waals surface area (Å²) in [5.74, 6) is -0.447. The number of carbonyl (C=O) groups is 1. The number of nitrogens with zero attached hydrogens (tertiary/aromatic N) is 1. The molecule has 8 heteroatoms. The van der Waals surface area contributed by atoms with Crippen LogP contribution in [0.25, 0.3) is 0 Å². The Morgan fingerprint density at radius 3 is 2.56 bits per heavy atom. The fourth-order valence-electron chi connectivity index (χ4n) is 1.93. The van der Waals surface area contributed by atoms with Crippen molar-refractivity contribution in [3.05, 3.63) is 59.2 Å². The maximum absolute atomic E-state index is 12.2. The van der Waals surface area contributed by atoms with E-state index in [9.17, 15) is 13.2 Å². The van der Waals surface area contributed by atoms with Crippen LogP contribution in [-0.4, -0.2) is 20.9 Å². The number of benzene rings is 2. The summed E-state index contributed by atoms with van der Waals surface area (Å²) in [6, 6.07) is 13.0. The summed E-state index contributed by atoms with van der Waals surface area (Å²) in [4.78, 5) is 13.8. The molecular formula is C17H17N3O4S. The van der Waals surface area contributed by atoms with Crippen LogP contribution in [0.5, 0.6) is 5.75 Å². The average Bonchev–Trinajstić information content (AvgIpc) is 2.60. The van der Waals surface area contributed by atoms with E-state index >= 15 is 0 Å². The van der Waals surface area contributed by atoms with Gasteiger partial charge in [0.2, 0.25) is 0 Å². The molecule has 0 aromatic heterocycles. The molecule has 0 unspecified atom stereocenters. The van der Waals surface area contributed by atoms with E-state index in [1.54, 1.807) is 37.3 Å². The highest BCUT2D eigenvalue weighted by Crippen LogP contribution is 2.16. The molecule has 1 amide bonds. The van der Waals surface area contributed by atoms with E-state index in [0.29, 0.717) is 0 Å². The molecule has 0 fully saturated rings. The number of carbonyl (C=O) groups excluding carboxylic acids is 1. The minimum absolute atomic E-state index is 0.0478. The van der Waals surface area contributed by atoms with Crippen LogP contribution >= 0.6 is 0 Å². The Labute approximate surface area is 146 Å². The molecule has 0 atom stereocenters. The quantitative estimate of drug-likeness (QED) is 0.761. The Morgan fingerprint density at radius 1 is 1.16 bits per heavy atom. The molecule has 0 aliphatic heterocycles. The second-order valence-corrected chi connectivity index (χ2v) is 6.98. The molecule has 0 heterocycles. The number of nitrogens with one attached hydrogen (secondary N) is 2. The topological polar surface area (TPSA) is 108 Å². The summed E-state index contributed by atoms with van der Waals surface area (Å²) < 4.78 is 29.6. The number of amides is 1. The zero-order chi connectivity index (χ0) is 18.4. The third kappa shape index (κ3) is 4.79. The van der Waals surface area contributed by atoms with Gasteiger partial charge >= 0.3 is 0 Å². The van der Waals surface area contributed by atoms with Crippen molar-refractivity contribution in [1.29, 1.82) is 5.26 Å². The number of sulfonamides is 1. The predicted molar refractivity (Wildman–Crippen MR) is 91.0 cm³/mol. The van der Waals surface area contributed by atoms with Crippen molar-refractivity contribution in [1.82, 2.24) is 10.3 Å². The second kappa shape index (κ2) is 7.79. The molecule has 0 bridgehead atoms. The van der Waals surface area contributed by atoms with Gasteiger partial charge in [-0.25, -0.2) is 8.42 Å². The molecule has 0 aliphatic carbocycles. The molecule has 0 saturated heterocycles. The SMILES string of the molecule is Cc1ccc(S(=O)(=O)NNC(=O)COc2ccccc2C#N)cc1C. The van der Waals surface area contributed by atoms with E-state index in [-0.39, 0.29) is 16.2 Å². The van der Waals surface area contributed by atoms with Gasteiger partial charge in [0.15, 0.2) is 6.61 Å². The minimum Gasteiger partial charge on any atom is -0.482 e. The zero-order valence-electron chi connectivity index (χ0n) is 13.7. The molecule has 0 radical (unpaired) electrons. The molecule has 0 aliphatic rings. The Bertz CT molecular complexity index is 933. The Hall–Kier alpha value is -2.89. The van der Waals surface area contributed by atoms with Crippen LogP contribution < -0.4 is 15.0 Å². The van der Waals surface area contributed by atoms with Gasteiger partial charge < -0.3 is 4.74 Å². The maximum atomic E-state index is 12.2. The van der Waals surface area contributed by atoms with Crippen LogP contribution in [0.4, 0.5) is 0 Å². The average molecular weight is 359 g/mol. The lowest BCUT2D eigenvalue weighted by atomic mass is 10.1. The van der Waals surface area contributed by atoms with Gasteiger partial charge in [0.25, 0.3) is 15.9 Å². The van der Waals surface area contributed by atoms with Crippen LogP contribution in [0.2, 0.25) is 0 Å². The van der Waals surface area contributed by atoms with Crippen LogP contribution in [0, 0.1) is 25.2 Å². The first-order chi connectivity index (χ1) is 11.8. The monoisotopic (exact) mass is 359 g/mol. The summed E-state index contributed by atoms with van der Waals surface area (Å²) in [7, 11) is -3.88. The first-order valence-electron chi connectivity index (χ1n) is 7.33. The summed E-state index contributed by atoms with van der Waals surface area (Å²) >= 11 is 0. The van der Waals surface area contributed by atoms with Crippen molar-refractivity contribution in [2.45, 2.75) is 18.7 Å². The summed E-state index contributed by atoms with van der Waals surface area (Å²) in [5.41, 5.74) is 4.15. The fraction of sp³-hybridized carbons (Fsp3) is 0.176. The lowest BCUT2D eigenvalue weighted by Crippen LogP contribution is -2.43. The van der Waals surface area contributed by atoms with Crippen LogP contribution in [-0.2, 0) is 14.8 Å². The molecule has 2 aromatic carbocycles. The highest BCUT2D eigenvalue weighted by Gasteiger charge is 2.16. The lowest BCUT2D eigenvalue weighted by Gasteiger charge is -2.11. The molecular weight excluding hydrogens is 342 g/mol. The summed E-state index contributed by atoms with van der Waals surface area (Å²) in [5, 5.41) is 8.94. The zero-order valence-corrected chi connectivity index (χ0v) is 14.6. The molecule has 0 saturated carbocycles. The minimum atomic E-state index is -3.88. The number of hydrazine groups is 1. The third-order valence-electron chi connectivity index (χ3n) is 3.48. The van der Waals surface area contributed by atoms with Crippen LogP contribution in [0.15, 0.2) is 47.4 Å². The van der Waals surface area contributed by atoms with Crippen molar-refractivity contribution in [3.63, 3.8) is 0 Å². The van der Waals surface area contributed by atoms with Crippen LogP contribution in [0.3, 0.4) is 0 Å². The molecule has 130 valence electrons. The van der Waals surface area contributed by atoms with Gasteiger partial charge in [-0.2, -0.15) is 5.26 Å². The molecule has 25 heavy (non-hydrogen) atoms. The van der Waals surface area contributed by atoms with E-state index in [0.717, 1.165) is 11.1 Å². The number of ether oxygens (including phenoxy) is 1. The molecule has 0 spiro atoms. The Kier molecular flexibility index (Phi) is 5.75. The Balaban J connectivity index is 1.95. The van der Waals surface area contributed by atoms with Gasteiger partial charge in [0.1, 0.15) is 11.8 Å². The number of aryl methyl sites for hydroxylation is 2. The number of rotatable bonds is 6. The van der Waals surface area contributed by atoms with Gasteiger partial charge in [-0.3, -0.25) is 10.2 Å². The first kappa shape index (κ1) is 18.4. The van der Waals surface area contributed by atoms with Crippen molar-refractivity contribution in [3.8, 4) is 11.8 Å². The van der Waals surface area contributed by atoms with E-state index in [1.807, 2.05) is 17.8 Å². The predicted octanol–water partition coefficient (Wildman–Crippen LogP) is 1.56. The van der Waals surface area contributed by atoms with Crippen molar-refractivity contribution < 1.29 is 17.9 Å². The Morgan fingerprint density at radius 2 is 1.88 bits per heavy atom. The molecule has 7 nitrogen and oxygen atoms in total. The number of para-hydroxylation sites is 1. The van der Waals surface area contributed by atoms with Gasteiger partial charge in [-0.05, 0) is 49.2 Å². The first-order valence-corrected chi connectivity index (χ1v) is 8.81. The van der Waals surface area contributed by atoms with Crippen molar-refractivity contribution in [2.75, 3.05) is 6.61 Å². The second-order valence-electron chi connectivity index (χ2n) is 5.30. The molecule has 2 aromatic rings. The summed E-state index contributed by atoms with van der Waals surface area (Å²) in [6.45, 7) is 3.24. The highest BCUT2D eigenvalue weighted by atomic mass is 32.2. The van der Waals surface area contributed by atoms with E-state index in [1.165, 1.54) is 12.1 Å². The maximum Gasteiger partial charge on any atom is 0.272 e. The van der Waals surface area contributed by atoms with Crippen LogP contribution in [0.1, 0.15) is 16.7 Å². The third-order valence-corrected chi connectivity index (χ3v) is 4.73. The van der Waals surface area contributed by atoms with Crippen molar-refractivity contribution in [2.24, 2.45) is 0 Å². The normalized spacial score (nSPS) is 10.8. The smallest absolute Gasteiger partial charge is 0.272 e. The van der Waals surface area contributed by atoms with E-state index < -0.39 is 22.5 Å². The molecule has 2 rings (SSSR count). The number of hydrogen-bond acceptors (Lipinski definition) is 5. The van der Waals surface area contributed by atoms with Gasteiger partial charge in [-0.1, -0.05) is 18.2 Å². The standard InChI is InChI=1S/C17H17N3O4S/c1-12-7-8-15(9-13(12)2)25(22,23)20-19-17(21)11-24-16-6-4-3-5-14(16)10-18/h3-9,20H,11H2,1-2H3,(H,19,21). The number of nitriles is 1. The van der Waals surface area contributed by atoms with Gasteiger partial charge in [0.05, 0.1) is 10.5 Å². The fourth-order valence-corrected chi connectivity index (χ4v) is 2.87. The summed E-state index contributed by atoms with van der Waals surface area (Å²) in [6.07, 6.45) is 0. The van der Waals surface area contributed by atoms with Gasteiger partial charge in [-0.15, -0.1) is 4.83 Å². The highest BCUT2D eigenvalue weighted by molar-refractivity contribution is 7.89. The number of hydrogen-bond donors (Lipinski definition) is 2. The van der Waals surface area contributed by atoms with E-state index in [2.05, 4.69) is 5.43 Å². The largest absolute Gasteiger partial charge is 0.482 e.